The van der Waals surface area contributed by atoms with Crippen LogP contribution in [0.5, 0.6) is 0 Å². The fourth-order valence-electron chi connectivity index (χ4n) is 2.71. The Hall–Kier alpha value is -1.58. The molecular formula is C16H21N3. The zero-order chi connectivity index (χ0) is 13.2. The fraction of sp³-hybridized carbons (Fsp3) is 0.375. The average molecular weight is 255 g/mol. The average Bonchev–Trinajstić information content (AvgIpc) is 2.83. The highest BCUT2D eigenvalue weighted by atomic mass is 15.2. The summed E-state index contributed by atoms with van der Waals surface area (Å²) in [6.07, 6.45) is 4.04. The number of rotatable bonds is 3. The number of benzene rings is 1. The Morgan fingerprint density at radius 3 is 2.79 bits per heavy atom. The quantitative estimate of drug-likeness (QED) is 0.910. The Balaban J connectivity index is 1.79. The minimum absolute atomic E-state index is 1.04. The Kier molecular flexibility index (Phi) is 3.40. The highest BCUT2D eigenvalue weighted by Gasteiger charge is 2.15. The van der Waals surface area contributed by atoms with Gasteiger partial charge in [0.1, 0.15) is 0 Å². The lowest BCUT2D eigenvalue weighted by Gasteiger charge is -2.32. The van der Waals surface area contributed by atoms with Crippen LogP contribution in [0.3, 0.4) is 0 Å². The van der Waals surface area contributed by atoms with E-state index in [0.29, 0.717) is 0 Å². The monoisotopic (exact) mass is 255 g/mol. The molecule has 0 spiro atoms. The van der Waals surface area contributed by atoms with Gasteiger partial charge < -0.3 is 9.88 Å². The second kappa shape index (κ2) is 5.19. The van der Waals surface area contributed by atoms with E-state index in [9.17, 15) is 0 Å². The first kappa shape index (κ1) is 12.5. The number of H-pyrrole nitrogens is 1. The minimum atomic E-state index is 1.04. The molecule has 3 rings (SSSR count). The van der Waals surface area contributed by atoms with Crippen molar-refractivity contribution in [1.82, 2.24) is 14.8 Å². The van der Waals surface area contributed by atoms with E-state index in [1.165, 1.54) is 35.1 Å². The van der Waals surface area contributed by atoms with Gasteiger partial charge in [-0.15, -0.1) is 0 Å². The Bertz CT molecular complexity index is 577. The van der Waals surface area contributed by atoms with Gasteiger partial charge >= 0.3 is 0 Å². The SMILES string of the molecule is C=Cc1ccc2c(CN3CCN(C)CC3)c[nH]c2c1. The summed E-state index contributed by atoms with van der Waals surface area (Å²) in [6.45, 7) is 9.52. The van der Waals surface area contributed by atoms with Crippen LogP contribution in [0.1, 0.15) is 11.1 Å². The van der Waals surface area contributed by atoms with E-state index in [-0.39, 0.29) is 0 Å². The molecule has 3 heteroatoms. The van der Waals surface area contributed by atoms with E-state index < -0.39 is 0 Å². The molecule has 2 heterocycles. The van der Waals surface area contributed by atoms with Crippen molar-refractivity contribution in [2.24, 2.45) is 0 Å². The van der Waals surface area contributed by atoms with Gasteiger partial charge in [-0.1, -0.05) is 24.8 Å². The van der Waals surface area contributed by atoms with Crippen LogP contribution >= 0.6 is 0 Å². The van der Waals surface area contributed by atoms with Crippen LogP contribution in [-0.4, -0.2) is 48.0 Å². The van der Waals surface area contributed by atoms with Crippen LogP contribution < -0.4 is 0 Å². The van der Waals surface area contributed by atoms with Gasteiger partial charge in [-0.2, -0.15) is 0 Å². The number of fused-ring (bicyclic) bond motifs is 1. The number of aromatic amines is 1. The molecule has 1 fully saturated rings. The predicted octanol–water partition coefficient (Wildman–Crippen LogP) is 2.56. The molecule has 1 saturated heterocycles. The van der Waals surface area contributed by atoms with Crippen molar-refractivity contribution in [3.8, 4) is 0 Å². The summed E-state index contributed by atoms with van der Waals surface area (Å²) >= 11 is 0. The van der Waals surface area contributed by atoms with E-state index in [0.717, 1.165) is 19.6 Å². The van der Waals surface area contributed by atoms with Crippen molar-refractivity contribution >= 4 is 17.0 Å². The van der Waals surface area contributed by atoms with Gasteiger partial charge in [0.2, 0.25) is 0 Å². The minimum Gasteiger partial charge on any atom is -0.361 e. The van der Waals surface area contributed by atoms with Crippen LogP contribution in [0.25, 0.3) is 17.0 Å². The molecule has 19 heavy (non-hydrogen) atoms. The van der Waals surface area contributed by atoms with Crippen LogP contribution in [0, 0.1) is 0 Å². The molecule has 0 bridgehead atoms. The van der Waals surface area contributed by atoms with Gasteiger partial charge in [-0.25, -0.2) is 0 Å². The number of aromatic nitrogens is 1. The van der Waals surface area contributed by atoms with E-state index >= 15 is 0 Å². The zero-order valence-electron chi connectivity index (χ0n) is 11.5. The Labute approximate surface area is 114 Å². The predicted molar refractivity (Wildman–Crippen MR) is 81.2 cm³/mol. The van der Waals surface area contributed by atoms with Gasteiger partial charge in [-0.05, 0) is 24.2 Å². The number of piperazine rings is 1. The van der Waals surface area contributed by atoms with Crippen molar-refractivity contribution in [3.05, 3.63) is 42.1 Å². The van der Waals surface area contributed by atoms with Crippen LogP contribution in [-0.2, 0) is 6.54 Å². The smallest absolute Gasteiger partial charge is 0.0463 e. The van der Waals surface area contributed by atoms with E-state index in [1.807, 2.05) is 6.08 Å². The molecule has 1 aliphatic rings. The summed E-state index contributed by atoms with van der Waals surface area (Å²) in [4.78, 5) is 8.30. The molecule has 1 aromatic carbocycles. The van der Waals surface area contributed by atoms with Crippen molar-refractivity contribution < 1.29 is 0 Å². The summed E-state index contributed by atoms with van der Waals surface area (Å²) in [6, 6.07) is 6.50. The van der Waals surface area contributed by atoms with Crippen molar-refractivity contribution in [2.45, 2.75) is 6.54 Å². The standard InChI is InChI=1S/C16H21N3/c1-3-13-4-5-15-14(11-17-16(15)10-13)12-19-8-6-18(2)7-9-19/h3-5,10-11,17H,1,6-9,12H2,2H3. The summed E-state index contributed by atoms with van der Waals surface area (Å²) in [5.74, 6) is 0. The third kappa shape index (κ3) is 2.57. The fourth-order valence-corrected chi connectivity index (χ4v) is 2.71. The normalized spacial score (nSPS) is 17.9. The van der Waals surface area contributed by atoms with E-state index in [4.69, 9.17) is 0 Å². The molecule has 0 aliphatic carbocycles. The Morgan fingerprint density at radius 1 is 1.26 bits per heavy atom. The number of likely N-dealkylation sites (N-methyl/N-ethyl adjacent to an activating group) is 1. The van der Waals surface area contributed by atoms with Crippen molar-refractivity contribution in [1.29, 1.82) is 0 Å². The van der Waals surface area contributed by atoms with Gasteiger partial charge in [0.05, 0.1) is 0 Å². The number of nitrogens with zero attached hydrogens (tertiary/aromatic N) is 2. The number of nitrogens with one attached hydrogen (secondary N) is 1. The molecule has 2 aromatic rings. The molecule has 1 aromatic heterocycles. The molecule has 0 saturated carbocycles. The first-order chi connectivity index (χ1) is 9.26. The van der Waals surface area contributed by atoms with Crippen LogP contribution in [0.2, 0.25) is 0 Å². The van der Waals surface area contributed by atoms with Gasteiger partial charge in [0.25, 0.3) is 0 Å². The number of hydrogen-bond acceptors (Lipinski definition) is 2. The summed E-state index contributed by atoms with van der Waals surface area (Å²) in [5.41, 5.74) is 3.78. The molecule has 0 radical (unpaired) electrons. The summed E-state index contributed by atoms with van der Waals surface area (Å²) < 4.78 is 0. The van der Waals surface area contributed by atoms with Gasteiger partial charge in [0.15, 0.2) is 0 Å². The van der Waals surface area contributed by atoms with Crippen LogP contribution in [0.4, 0.5) is 0 Å². The molecule has 0 amide bonds. The van der Waals surface area contributed by atoms with Crippen LogP contribution in [0.15, 0.2) is 31.0 Å². The van der Waals surface area contributed by atoms with E-state index in [1.54, 1.807) is 0 Å². The highest BCUT2D eigenvalue weighted by Crippen LogP contribution is 2.22. The van der Waals surface area contributed by atoms with Gasteiger partial charge in [0, 0.05) is 49.8 Å². The second-order valence-electron chi connectivity index (χ2n) is 5.40. The lowest BCUT2D eigenvalue weighted by molar-refractivity contribution is 0.148. The summed E-state index contributed by atoms with van der Waals surface area (Å²) in [7, 11) is 2.19. The molecule has 0 unspecified atom stereocenters. The molecule has 0 atom stereocenters. The lowest BCUT2D eigenvalue weighted by Crippen LogP contribution is -2.43. The highest BCUT2D eigenvalue weighted by molar-refractivity contribution is 5.85. The lowest BCUT2D eigenvalue weighted by atomic mass is 10.1. The molecular weight excluding hydrogens is 234 g/mol. The molecule has 100 valence electrons. The summed E-state index contributed by atoms with van der Waals surface area (Å²) in [5, 5.41) is 1.34. The maximum Gasteiger partial charge on any atom is 0.0463 e. The third-order valence-electron chi connectivity index (χ3n) is 4.02. The second-order valence-corrected chi connectivity index (χ2v) is 5.40. The maximum atomic E-state index is 3.82. The molecule has 3 nitrogen and oxygen atoms in total. The topological polar surface area (TPSA) is 22.3 Å². The zero-order valence-corrected chi connectivity index (χ0v) is 11.5. The Morgan fingerprint density at radius 2 is 2.05 bits per heavy atom. The molecule has 1 N–H and O–H groups in total. The maximum absolute atomic E-state index is 3.82. The van der Waals surface area contributed by atoms with Crippen molar-refractivity contribution in [3.63, 3.8) is 0 Å². The largest absolute Gasteiger partial charge is 0.361 e. The molecule has 1 aliphatic heterocycles. The first-order valence-corrected chi connectivity index (χ1v) is 6.89. The van der Waals surface area contributed by atoms with Crippen molar-refractivity contribution in [2.75, 3.05) is 33.2 Å². The van der Waals surface area contributed by atoms with Gasteiger partial charge in [-0.3, -0.25) is 4.90 Å². The third-order valence-corrected chi connectivity index (χ3v) is 4.02. The van der Waals surface area contributed by atoms with E-state index in [2.05, 4.69) is 52.8 Å². The number of hydrogen-bond donors (Lipinski definition) is 1. The first-order valence-electron chi connectivity index (χ1n) is 6.89.